The number of halogens is 3. The van der Waals surface area contributed by atoms with Crippen LogP contribution in [0.3, 0.4) is 0 Å². The van der Waals surface area contributed by atoms with E-state index in [9.17, 15) is 13.2 Å². The largest absolute Gasteiger partial charge is 0.411 e. The van der Waals surface area contributed by atoms with Gasteiger partial charge in [-0.3, -0.25) is 0 Å². The van der Waals surface area contributed by atoms with Gasteiger partial charge in [0.2, 0.25) is 0 Å². The second kappa shape index (κ2) is 7.90. The maximum Gasteiger partial charge on any atom is 0.411 e. The highest BCUT2D eigenvalue weighted by atomic mass is 19.4. The molecule has 0 amide bonds. The van der Waals surface area contributed by atoms with Crippen molar-refractivity contribution in [1.82, 2.24) is 0 Å². The van der Waals surface area contributed by atoms with Crippen LogP contribution in [0.4, 0.5) is 13.2 Å². The molecule has 0 bridgehead atoms. The summed E-state index contributed by atoms with van der Waals surface area (Å²) in [6, 6.07) is -0.0573. The maximum atomic E-state index is 11.7. The van der Waals surface area contributed by atoms with Crippen LogP contribution in [-0.2, 0) is 4.74 Å². The molecule has 0 aliphatic heterocycles. The fourth-order valence-electron chi connectivity index (χ4n) is 1.59. The van der Waals surface area contributed by atoms with Gasteiger partial charge in [0, 0.05) is 12.6 Å². The first-order valence-electron chi connectivity index (χ1n) is 5.79. The summed E-state index contributed by atoms with van der Waals surface area (Å²) in [5.74, 6) is 0.567. The molecule has 0 heterocycles. The third-order valence-corrected chi connectivity index (χ3v) is 2.69. The maximum absolute atomic E-state index is 11.7. The van der Waals surface area contributed by atoms with Crippen LogP contribution in [0.5, 0.6) is 0 Å². The van der Waals surface area contributed by atoms with Gasteiger partial charge in [0.05, 0.1) is 0 Å². The smallest absolute Gasteiger partial charge is 0.372 e. The van der Waals surface area contributed by atoms with Crippen LogP contribution in [0.25, 0.3) is 0 Å². The molecule has 0 radical (unpaired) electrons. The summed E-state index contributed by atoms with van der Waals surface area (Å²) in [5, 5.41) is 0. The van der Waals surface area contributed by atoms with Crippen LogP contribution < -0.4 is 5.73 Å². The van der Waals surface area contributed by atoms with Crippen molar-refractivity contribution in [3.05, 3.63) is 0 Å². The van der Waals surface area contributed by atoms with Gasteiger partial charge in [-0.1, -0.05) is 26.7 Å². The molecule has 0 aliphatic rings. The molecule has 0 aromatic heterocycles. The van der Waals surface area contributed by atoms with Crippen LogP contribution in [0.15, 0.2) is 0 Å². The van der Waals surface area contributed by atoms with Crippen molar-refractivity contribution < 1.29 is 17.9 Å². The van der Waals surface area contributed by atoms with Gasteiger partial charge >= 0.3 is 6.18 Å². The Morgan fingerprint density at radius 3 is 2.19 bits per heavy atom. The number of nitrogens with two attached hydrogens (primary N) is 1. The first-order valence-corrected chi connectivity index (χ1v) is 5.79. The number of hydrogen-bond acceptors (Lipinski definition) is 2. The van der Waals surface area contributed by atoms with E-state index in [0.717, 1.165) is 19.3 Å². The Morgan fingerprint density at radius 2 is 1.75 bits per heavy atom. The van der Waals surface area contributed by atoms with Gasteiger partial charge in [0.25, 0.3) is 0 Å². The third-order valence-electron chi connectivity index (χ3n) is 2.69. The molecule has 2 nitrogen and oxygen atoms in total. The summed E-state index contributed by atoms with van der Waals surface area (Å²) in [5.41, 5.74) is 5.81. The number of rotatable bonds is 8. The highest BCUT2D eigenvalue weighted by molar-refractivity contribution is 4.66. The van der Waals surface area contributed by atoms with Crippen molar-refractivity contribution in [3.8, 4) is 0 Å². The zero-order valence-corrected chi connectivity index (χ0v) is 10.0. The molecule has 0 fully saturated rings. The Hall–Kier alpha value is -0.290. The molecule has 2 N–H and O–H groups in total. The van der Waals surface area contributed by atoms with E-state index in [2.05, 4.69) is 18.6 Å². The van der Waals surface area contributed by atoms with Crippen molar-refractivity contribution in [2.24, 2.45) is 11.7 Å². The van der Waals surface area contributed by atoms with Crippen molar-refractivity contribution >= 4 is 0 Å². The molecular formula is C11H22F3NO. The zero-order chi connectivity index (χ0) is 12.6. The van der Waals surface area contributed by atoms with Gasteiger partial charge < -0.3 is 10.5 Å². The molecule has 1 atom stereocenters. The van der Waals surface area contributed by atoms with Crippen molar-refractivity contribution in [1.29, 1.82) is 0 Å². The summed E-state index contributed by atoms with van der Waals surface area (Å²) in [7, 11) is 0. The molecule has 0 saturated carbocycles. The molecule has 1 unspecified atom stereocenters. The normalized spacial score (nSPS) is 14.4. The molecule has 0 rings (SSSR count). The fraction of sp³-hybridized carbons (Fsp3) is 1.00. The molecule has 16 heavy (non-hydrogen) atoms. The fourth-order valence-corrected chi connectivity index (χ4v) is 1.59. The Labute approximate surface area is 95.3 Å². The Bertz CT molecular complexity index is 169. The Balaban J connectivity index is 3.54. The number of alkyl halides is 3. The van der Waals surface area contributed by atoms with Crippen LogP contribution in [0.1, 0.15) is 39.5 Å². The SMILES string of the molecule is CCC(CC)CC(N)CCOCC(F)(F)F. The standard InChI is InChI=1S/C11H22F3NO/c1-3-9(4-2)7-10(15)5-6-16-8-11(12,13)14/h9-10H,3-8,15H2,1-2H3. The summed E-state index contributed by atoms with van der Waals surface area (Å²) in [6.45, 7) is 3.10. The number of ether oxygens (including phenoxy) is 1. The molecule has 0 saturated heterocycles. The van der Waals surface area contributed by atoms with Crippen LogP contribution in [0.2, 0.25) is 0 Å². The highest BCUT2D eigenvalue weighted by Gasteiger charge is 2.27. The first-order chi connectivity index (χ1) is 7.39. The predicted octanol–water partition coefficient (Wildman–Crippen LogP) is 3.11. The van der Waals surface area contributed by atoms with Gasteiger partial charge in [-0.15, -0.1) is 0 Å². The van der Waals surface area contributed by atoms with Gasteiger partial charge in [-0.25, -0.2) is 0 Å². The number of hydrogen-bond donors (Lipinski definition) is 1. The average molecular weight is 241 g/mol. The summed E-state index contributed by atoms with van der Waals surface area (Å²) < 4.78 is 39.7. The topological polar surface area (TPSA) is 35.2 Å². The van der Waals surface area contributed by atoms with E-state index in [1.54, 1.807) is 0 Å². The summed E-state index contributed by atoms with van der Waals surface area (Å²) >= 11 is 0. The minimum atomic E-state index is -4.24. The van der Waals surface area contributed by atoms with Crippen LogP contribution in [-0.4, -0.2) is 25.4 Å². The van der Waals surface area contributed by atoms with Gasteiger partial charge in [-0.2, -0.15) is 13.2 Å². The van der Waals surface area contributed by atoms with Gasteiger partial charge in [-0.05, 0) is 18.8 Å². The Kier molecular flexibility index (Phi) is 7.76. The van der Waals surface area contributed by atoms with Crippen molar-refractivity contribution in [2.75, 3.05) is 13.2 Å². The van der Waals surface area contributed by atoms with Crippen molar-refractivity contribution in [3.63, 3.8) is 0 Å². The van der Waals surface area contributed by atoms with E-state index in [1.165, 1.54) is 0 Å². The first kappa shape index (κ1) is 15.7. The van der Waals surface area contributed by atoms with E-state index in [-0.39, 0.29) is 12.6 Å². The second-order valence-electron chi connectivity index (χ2n) is 4.13. The summed E-state index contributed by atoms with van der Waals surface area (Å²) in [4.78, 5) is 0. The lowest BCUT2D eigenvalue weighted by Gasteiger charge is -2.18. The van der Waals surface area contributed by atoms with Crippen molar-refractivity contribution in [2.45, 2.75) is 51.7 Å². The zero-order valence-electron chi connectivity index (χ0n) is 10.0. The minimum absolute atomic E-state index is 0.0573. The molecule has 0 aliphatic carbocycles. The van der Waals surface area contributed by atoms with E-state index in [4.69, 9.17) is 5.73 Å². The lowest BCUT2D eigenvalue weighted by Crippen LogP contribution is -2.26. The average Bonchev–Trinajstić information content (AvgIpc) is 2.19. The van der Waals surface area contributed by atoms with Crippen LogP contribution >= 0.6 is 0 Å². The Morgan fingerprint density at radius 1 is 1.19 bits per heavy atom. The molecule has 5 heteroatoms. The highest BCUT2D eigenvalue weighted by Crippen LogP contribution is 2.17. The van der Waals surface area contributed by atoms with E-state index in [1.807, 2.05) is 0 Å². The second-order valence-corrected chi connectivity index (χ2v) is 4.13. The molecule has 0 aromatic carbocycles. The van der Waals surface area contributed by atoms with Gasteiger partial charge in [0.1, 0.15) is 6.61 Å². The van der Waals surface area contributed by atoms with E-state index >= 15 is 0 Å². The quantitative estimate of drug-likeness (QED) is 0.663. The monoisotopic (exact) mass is 241 g/mol. The van der Waals surface area contributed by atoms with Crippen LogP contribution in [0, 0.1) is 5.92 Å². The van der Waals surface area contributed by atoms with E-state index < -0.39 is 12.8 Å². The lowest BCUT2D eigenvalue weighted by molar-refractivity contribution is -0.174. The molecular weight excluding hydrogens is 219 g/mol. The molecule has 98 valence electrons. The lowest BCUT2D eigenvalue weighted by atomic mass is 9.94. The summed E-state index contributed by atoms with van der Waals surface area (Å²) in [6.07, 6.45) is -0.754. The minimum Gasteiger partial charge on any atom is -0.372 e. The molecule has 0 spiro atoms. The molecule has 0 aromatic rings. The van der Waals surface area contributed by atoms with E-state index in [0.29, 0.717) is 12.3 Å². The predicted molar refractivity (Wildman–Crippen MR) is 58.2 cm³/mol. The van der Waals surface area contributed by atoms with Gasteiger partial charge in [0.15, 0.2) is 0 Å². The third kappa shape index (κ3) is 8.97.